The molecule has 0 aliphatic carbocycles. The minimum atomic E-state index is -1.35. The number of halogens is 2. The van der Waals surface area contributed by atoms with Gasteiger partial charge in [-0.2, -0.15) is 0 Å². The summed E-state index contributed by atoms with van der Waals surface area (Å²) in [5.41, 5.74) is 2.58. The second-order valence-electron chi connectivity index (χ2n) is 24.3. The van der Waals surface area contributed by atoms with Gasteiger partial charge in [0.25, 0.3) is 0 Å². The van der Waals surface area contributed by atoms with Crippen LogP contribution in [0.3, 0.4) is 0 Å². The smallest absolute Gasteiger partial charge is 0.410 e. The van der Waals surface area contributed by atoms with Crippen molar-refractivity contribution in [1.29, 1.82) is 0 Å². The van der Waals surface area contributed by atoms with Crippen molar-refractivity contribution in [2.45, 2.75) is 181 Å². The molecule has 2 saturated heterocycles. The molecule has 19 heteroatoms. The molecule has 0 bridgehead atoms. The summed E-state index contributed by atoms with van der Waals surface area (Å²) in [6.07, 6.45) is -0.217. The summed E-state index contributed by atoms with van der Waals surface area (Å²) in [7, 11) is 2.92. The first-order valence-corrected chi connectivity index (χ1v) is 29.2. The Labute approximate surface area is 540 Å². The van der Waals surface area contributed by atoms with Crippen molar-refractivity contribution < 1.29 is 120 Å². The molecule has 4 aromatic rings. The van der Waals surface area contributed by atoms with Crippen LogP contribution in [0.25, 0.3) is 0 Å². The zero-order valence-electron chi connectivity index (χ0n) is 77.6. The predicted octanol–water partition coefficient (Wildman–Crippen LogP) is 15.1. The van der Waals surface area contributed by atoms with Gasteiger partial charge in [0.2, 0.25) is 6.10 Å². The highest BCUT2D eigenvalue weighted by Gasteiger charge is 2.36. The number of aliphatic hydroxyl groups excluding tert-OH is 1. The molecule has 2 N–H and O–H groups in total. The average Bonchev–Trinajstić information content (AvgIpc) is 0.831. The van der Waals surface area contributed by atoms with Gasteiger partial charge in [0, 0.05) is 92.0 Å². The lowest BCUT2D eigenvalue weighted by molar-refractivity contribution is -0.171. The summed E-state index contributed by atoms with van der Waals surface area (Å²) in [6, 6.07) is 26.3. The Bertz CT molecular complexity index is 2820. The van der Waals surface area contributed by atoms with Gasteiger partial charge in [-0.3, -0.25) is 9.80 Å². The molecular formula is C66H116F2N2O15. The Balaban J connectivity index is -0.000000159. The van der Waals surface area contributed by atoms with Gasteiger partial charge in [-0.25, -0.2) is 37.5 Å². The molecule has 2 aliphatic heterocycles. The van der Waals surface area contributed by atoms with Gasteiger partial charge < -0.3 is 43.4 Å². The van der Waals surface area contributed by atoms with Crippen LogP contribution >= 0.6 is 0 Å². The molecule has 6 rings (SSSR count). The second-order valence-corrected chi connectivity index (χ2v) is 24.3. The van der Waals surface area contributed by atoms with E-state index in [1.54, 1.807) is 65.8 Å². The lowest BCUT2D eigenvalue weighted by atomic mass is 9.90. The number of likely N-dealkylation sites (N-methyl/N-ethyl adjacent to an activating group) is 2. The highest BCUT2D eigenvalue weighted by atomic mass is 19.1. The van der Waals surface area contributed by atoms with Crippen LogP contribution in [0.5, 0.6) is 0 Å². The summed E-state index contributed by atoms with van der Waals surface area (Å²) in [5, 5.41) is 19.1. The van der Waals surface area contributed by atoms with Gasteiger partial charge in [-0.15, -0.1) is 0 Å². The third-order valence-corrected chi connectivity index (χ3v) is 13.8. The maximum Gasteiger partial charge on any atom is 0.410 e. The predicted molar refractivity (Wildman–Crippen MR) is 344 cm³/mol. The number of nitrogens with zero attached hydrogens (tertiary/aromatic N) is 2. The van der Waals surface area contributed by atoms with Gasteiger partial charge in [0.15, 0.2) is 6.10 Å². The first kappa shape index (κ1) is 52.4. The maximum absolute atomic E-state index is 15.2. The van der Waals surface area contributed by atoms with Crippen LogP contribution in [-0.4, -0.2) is 132 Å². The molecule has 0 radical (unpaired) electrons. The first-order valence-electron chi connectivity index (χ1n) is 42.2. The number of benzene rings is 4. The Hall–Kier alpha value is -6.96. The van der Waals surface area contributed by atoms with E-state index in [0.29, 0.717) is 55.1 Å². The van der Waals surface area contributed by atoms with Gasteiger partial charge in [0.1, 0.15) is 48.1 Å². The molecule has 0 unspecified atom stereocenters. The molecule has 4 aromatic carbocycles. The van der Waals surface area contributed by atoms with E-state index in [1.807, 2.05) is 88.4 Å². The van der Waals surface area contributed by atoms with Gasteiger partial charge >= 0.3 is 36.1 Å². The maximum atomic E-state index is 15.2. The molecule has 0 saturated carbocycles. The molecule has 4 atom stereocenters. The normalized spacial score (nSPS) is 16.5. The summed E-state index contributed by atoms with van der Waals surface area (Å²) in [5.74, 6) is -3.44. The van der Waals surface area contributed by atoms with Crippen LogP contribution < -0.4 is 0 Å². The zero-order valence-corrected chi connectivity index (χ0v) is 51.6. The van der Waals surface area contributed by atoms with Crippen molar-refractivity contribution in [3.63, 3.8) is 0 Å². The number of aliphatic carboxylic acids is 1. The topological polar surface area (TPSA) is 214 Å². The zero-order chi connectivity index (χ0) is 89.0. The van der Waals surface area contributed by atoms with Gasteiger partial charge in [-0.05, 0) is 149 Å². The Morgan fingerprint density at radius 1 is 0.576 bits per heavy atom. The van der Waals surface area contributed by atoms with Crippen LogP contribution in [0.1, 0.15) is 192 Å². The van der Waals surface area contributed by atoms with Gasteiger partial charge in [-0.1, -0.05) is 113 Å². The minimum absolute atomic E-state index is 0.0159. The van der Waals surface area contributed by atoms with E-state index in [-0.39, 0.29) is 67.8 Å². The summed E-state index contributed by atoms with van der Waals surface area (Å²) in [4.78, 5) is 76.7. The number of rotatable bonds is 21. The highest BCUT2D eigenvalue weighted by molar-refractivity contribution is 5.85. The molecule has 85 heavy (non-hydrogen) atoms. The number of carboxylic acid groups (broad SMARTS) is 1. The fraction of sp³-hybridized carbons (Fsp3) is 0.545. The molecule has 17 nitrogen and oxygen atoms in total. The summed E-state index contributed by atoms with van der Waals surface area (Å²) >= 11 is 0. The lowest BCUT2D eigenvalue weighted by Gasteiger charge is -2.31. The number of esters is 3. The van der Waals surface area contributed by atoms with Crippen molar-refractivity contribution in [1.82, 2.24) is 9.80 Å². The standard InChI is InChI=1S/C33H44FNO7.C21H23FO4.C12H23NO4.13H2/c1-22(2)18-28(35(6)32(38)42-33(3,4)5)30(36)41-29(31(37)40-21-23-10-8-7-9-11-23)20-24-12-13-26(27(34)19-24)25-14-16-39-17-15-25;22-19-12-16(6-7-18(19)17-8-10-25-11-9-17)13-20(23)21(24)26-14-15-4-2-1-3-5-15;1-8(2)7-9(10(14)15)13(6)11(16)17-12(3,4)5;;;;;;;;;;;;;/h7-13,19,22,25,28-29H,14-18,20-21H2,1-6H3;1-7,12,17,20,23H,8-11,13-14H2;8-9H,7H2,1-6H3,(H,14,15);13*1H/t28-,29+;20-;9-;;;;;;;;;;;;;/m010............./s1/i;;;13*1+1D. The number of hydrogen-bond acceptors (Lipinski definition) is 14. The minimum Gasteiger partial charge on any atom is -0.480 e. The van der Waals surface area contributed by atoms with Crippen LogP contribution in [0, 0.1) is 23.5 Å². The number of ether oxygens (including phenoxy) is 7. The Morgan fingerprint density at radius 3 is 1.35 bits per heavy atom. The monoisotopic (exact) mass is 1240 g/mol. The SMILES string of the molecule is CC(C)C[C@@H](C(=O)O)N(C)C(=O)OC(C)(C)C.CC(C)C[C@@H](C(=O)O[C@H](Cc1ccc(C2CCOCC2)c(F)c1)C(=O)OCc1ccccc1)N(C)C(=O)OC(C)(C)C.O=C(OCc1ccccc1)[C@H](O)Cc1ccc(C2CCOCC2)c(F)c1.[2H][2H].[2H][2H].[2H][2H].[2H][2H].[2H][2H].[2H][2H].[2H][2H].[2H][2H].[2H][2H].[2H][2H].[2H][2H].[2H][2H].[2H][2H]. The van der Waals surface area contributed by atoms with Crippen molar-refractivity contribution >= 4 is 36.1 Å². The molecule has 0 spiro atoms. The quantitative estimate of drug-likeness (QED) is 0.0586. The molecular weight excluding hydrogens is 1100 g/mol. The van der Waals surface area contributed by atoms with Crippen LogP contribution in [-0.2, 0) is 78.4 Å². The van der Waals surface area contributed by atoms with E-state index in [0.717, 1.165) is 41.7 Å². The molecule has 2 fully saturated rings. The number of aliphatic hydroxyl groups is 1. The molecule has 2 aliphatic rings. The van der Waals surface area contributed by atoms with Crippen LogP contribution in [0.4, 0.5) is 18.4 Å². The van der Waals surface area contributed by atoms with Gasteiger partial charge in [0.05, 0.1) is 0 Å². The van der Waals surface area contributed by atoms with Crippen LogP contribution in [0.15, 0.2) is 97.1 Å². The van der Waals surface area contributed by atoms with E-state index >= 15 is 4.39 Å². The van der Waals surface area contributed by atoms with Crippen LogP contribution in [0.2, 0.25) is 0 Å². The number of hydrogen-bond donors (Lipinski definition) is 2. The van der Waals surface area contributed by atoms with Crippen molar-refractivity contribution in [2.24, 2.45) is 11.8 Å². The third-order valence-electron chi connectivity index (χ3n) is 13.8. The number of carboxylic acids is 1. The molecule has 2 amide bonds. The van der Waals surface area contributed by atoms with E-state index in [1.165, 1.54) is 31.1 Å². The Morgan fingerprint density at radius 2 is 0.965 bits per heavy atom. The number of carbonyl (C=O) groups excluding carboxylic acids is 5. The average molecular weight is 1240 g/mol. The van der Waals surface area contributed by atoms with Crippen molar-refractivity contribution in [2.75, 3.05) is 40.5 Å². The number of carbonyl (C=O) groups is 6. The largest absolute Gasteiger partial charge is 0.480 e. The first-order chi connectivity index (χ1) is 53.0. The fourth-order valence-corrected chi connectivity index (χ4v) is 9.29. The Kier molecular flexibility index (Phi) is 21.1. The molecule has 0 aromatic heterocycles. The highest BCUT2D eigenvalue weighted by Crippen LogP contribution is 2.31. The third kappa shape index (κ3) is 25.3. The van der Waals surface area contributed by atoms with Crippen molar-refractivity contribution in [3.05, 3.63) is 142 Å². The van der Waals surface area contributed by atoms with E-state index < -0.39 is 71.6 Å². The second kappa shape index (κ2) is 34.3. The summed E-state index contributed by atoms with van der Waals surface area (Å²) < 4.78 is 197. The van der Waals surface area contributed by atoms with E-state index in [9.17, 15) is 38.3 Å². The lowest BCUT2D eigenvalue weighted by Crippen LogP contribution is -2.47. The summed E-state index contributed by atoms with van der Waals surface area (Å²) in [6.45, 7) is 20.7. The van der Waals surface area contributed by atoms with Crippen molar-refractivity contribution in [3.8, 4) is 0 Å². The molecule has 494 valence electrons. The number of amides is 2. The fourth-order valence-electron chi connectivity index (χ4n) is 9.29. The molecule has 2 heterocycles. The van der Waals surface area contributed by atoms with E-state index in [4.69, 9.17) is 76.9 Å². The van der Waals surface area contributed by atoms with E-state index in [2.05, 4.69) is 0 Å².